The molecule has 0 saturated heterocycles. The molecule has 0 amide bonds. The van der Waals surface area contributed by atoms with Gasteiger partial charge in [0.1, 0.15) is 0 Å². The van der Waals surface area contributed by atoms with Gasteiger partial charge in [0.05, 0.1) is 4.47 Å². The lowest BCUT2D eigenvalue weighted by atomic mass is 10.3. The lowest BCUT2D eigenvalue weighted by Gasteiger charge is -1.93. The first-order valence-corrected chi connectivity index (χ1v) is 4.58. The van der Waals surface area contributed by atoms with Crippen molar-refractivity contribution in [2.24, 2.45) is 0 Å². The van der Waals surface area contributed by atoms with Crippen molar-refractivity contribution in [2.45, 2.75) is 5.33 Å². The highest BCUT2D eigenvalue weighted by molar-refractivity contribution is 9.10. The number of rotatable bonds is 1. The Morgan fingerprint density at radius 1 is 1.60 bits per heavy atom. The molecule has 2 nitrogen and oxygen atoms in total. The minimum absolute atomic E-state index is 0.0929. The van der Waals surface area contributed by atoms with Gasteiger partial charge in [-0.1, -0.05) is 15.9 Å². The maximum absolute atomic E-state index is 10.8. The van der Waals surface area contributed by atoms with E-state index in [2.05, 4.69) is 36.8 Å². The van der Waals surface area contributed by atoms with Crippen LogP contribution in [0.4, 0.5) is 0 Å². The van der Waals surface area contributed by atoms with Crippen molar-refractivity contribution < 1.29 is 0 Å². The number of H-pyrrole nitrogens is 1. The van der Waals surface area contributed by atoms with Gasteiger partial charge < -0.3 is 4.98 Å². The summed E-state index contributed by atoms with van der Waals surface area (Å²) in [6, 6.07) is 1.79. The predicted octanol–water partition coefficient (Wildman–Crippen LogP) is 2.03. The molecule has 1 aromatic heterocycles. The first-order chi connectivity index (χ1) is 4.74. The second-order valence-electron chi connectivity index (χ2n) is 1.82. The lowest BCUT2D eigenvalue weighted by Crippen LogP contribution is -2.05. The molecular weight excluding hydrogens is 262 g/mol. The van der Waals surface area contributed by atoms with Crippen LogP contribution in [0.25, 0.3) is 0 Å². The molecule has 10 heavy (non-hydrogen) atoms. The van der Waals surface area contributed by atoms with Crippen LogP contribution in [0.3, 0.4) is 0 Å². The molecular formula is C6H5Br2NO. The van der Waals surface area contributed by atoms with E-state index in [-0.39, 0.29) is 5.56 Å². The molecule has 0 unspecified atom stereocenters. The Morgan fingerprint density at radius 3 is 2.80 bits per heavy atom. The van der Waals surface area contributed by atoms with Crippen molar-refractivity contribution in [2.75, 3.05) is 0 Å². The average molecular weight is 267 g/mol. The molecule has 4 heteroatoms. The van der Waals surface area contributed by atoms with E-state index < -0.39 is 0 Å². The first kappa shape index (κ1) is 8.01. The fourth-order valence-electron chi connectivity index (χ4n) is 0.574. The molecule has 54 valence electrons. The van der Waals surface area contributed by atoms with E-state index in [1.54, 1.807) is 12.3 Å². The zero-order valence-electron chi connectivity index (χ0n) is 5.03. The van der Waals surface area contributed by atoms with Crippen LogP contribution in [0.2, 0.25) is 0 Å². The van der Waals surface area contributed by atoms with Crippen LogP contribution in [-0.4, -0.2) is 4.98 Å². The number of halogens is 2. The summed E-state index contributed by atoms with van der Waals surface area (Å²) in [5.74, 6) is 0. The van der Waals surface area contributed by atoms with Gasteiger partial charge in [-0.3, -0.25) is 4.79 Å². The van der Waals surface area contributed by atoms with Gasteiger partial charge in [-0.15, -0.1) is 0 Å². The maximum atomic E-state index is 10.8. The third kappa shape index (κ3) is 1.70. The summed E-state index contributed by atoms with van der Waals surface area (Å²) in [4.78, 5) is 13.4. The Hall–Kier alpha value is -0.0900. The second-order valence-corrected chi connectivity index (χ2v) is 3.23. The van der Waals surface area contributed by atoms with Crippen molar-refractivity contribution in [3.63, 3.8) is 0 Å². The predicted molar refractivity (Wildman–Crippen MR) is 47.4 cm³/mol. The van der Waals surface area contributed by atoms with Crippen molar-refractivity contribution in [1.29, 1.82) is 0 Å². The van der Waals surface area contributed by atoms with Gasteiger partial charge in [0, 0.05) is 11.5 Å². The van der Waals surface area contributed by atoms with Gasteiger partial charge in [-0.2, -0.15) is 0 Å². The van der Waals surface area contributed by atoms with E-state index in [0.717, 1.165) is 10.9 Å². The highest BCUT2D eigenvalue weighted by atomic mass is 79.9. The normalized spacial score (nSPS) is 9.80. The van der Waals surface area contributed by atoms with E-state index in [1.165, 1.54) is 0 Å². The fraction of sp³-hybridized carbons (Fsp3) is 0.167. The summed E-state index contributed by atoms with van der Waals surface area (Å²) in [6.07, 6.45) is 1.68. The van der Waals surface area contributed by atoms with Crippen LogP contribution in [0.15, 0.2) is 21.5 Å². The largest absolute Gasteiger partial charge is 0.328 e. The van der Waals surface area contributed by atoms with Crippen molar-refractivity contribution in [1.82, 2.24) is 4.98 Å². The Bertz CT molecular complexity index is 281. The number of aromatic nitrogens is 1. The van der Waals surface area contributed by atoms with E-state index in [1.807, 2.05) is 0 Å². The summed E-state index contributed by atoms with van der Waals surface area (Å²) >= 11 is 6.40. The molecule has 0 aliphatic rings. The zero-order chi connectivity index (χ0) is 7.56. The number of hydrogen-bond donors (Lipinski definition) is 1. The van der Waals surface area contributed by atoms with Crippen LogP contribution in [0.5, 0.6) is 0 Å². The molecule has 0 fully saturated rings. The molecule has 0 aliphatic heterocycles. The second kappa shape index (κ2) is 3.34. The Kier molecular flexibility index (Phi) is 2.68. The van der Waals surface area contributed by atoms with Crippen LogP contribution in [0, 0.1) is 0 Å². The molecule has 0 atom stereocenters. The average Bonchev–Trinajstić information content (AvgIpc) is 1.95. The summed E-state index contributed by atoms with van der Waals surface area (Å²) in [6.45, 7) is 0. The van der Waals surface area contributed by atoms with Gasteiger partial charge in [-0.25, -0.2) is 0 Å². The summed E-state index contributed by atoms with van der Waals surface area (Å²) in [5, 5.41) is 0.752. The van der Waals surface area contributed by atoms with Crippen molar-refractivity contribution >= 4 is 31.9 Å². The van der Waals surface area contributed by atoms with E-state index in [9.17, 15) is 4.79 Å². The van der Waals surface area contributed by atoms with Crippen LogP contribution in [-0.2, 0) is 5.33 Å². The molecule has 1 N–H and O–H groups in total. The SMILES string of the molecule is O=c1[nH]cc(CBr)cc1Br. The van der Waals surface area contributed by atoms with E-state index in [4.69, 9.17) is 0 Å². The van der Waals surface area contributed by atoms with E-state index >= 15 is 0 Å². The number of aromatic amines is 1. The van der Waals surface area contributed by atoms with Gasteiger partial charge in [0.15, 0.2) is 0 Å². The standard InChI is InChI=1S/C6H5Br2NO/c7-2-4-1-5(8)6(10)9-3-4/h1,3H,2H2,(H,9,10). The first-order valence-electron chi connectivity index (χ1n) is 2.67. The summed E-state index contributed by atoms with van der Waals surface area (Å²) in [7, 11) is 0. The molecule has 0 aliphatic carbocycles. The molecule has 1 rings (SSSR count). The summed E-state index contributed by atoms with van der Waals surface area (Å²) < 4.78 is 0.574. The minimum atomic E-state index is -0.0929. The topological polar surface area (TPSA) is 32.9 Å². The third-order valence-electron chi connectivity index (χ3n) is 1.07. The molecule has 0 saturated carbocycles. The van der Waals surface area contributed by atoms with Crippen LogP contribution in [0.1, 0.15) is 5.56 Å². The quantitative estimate of drug-likeness (QED) is 0.776. The minimum Gasteiger partial charge on any atom is -0.328 e. The fourth-order valence-corrected chi connectivity index (χ4v) is 1.31. The molecule has 0 radical (unpaired) electrons. The third-order valence-corrected chi connectivity index (χ3v) is 2.31. The molecule has 0 aromatic carbocycles. The Morgan fingerprint density at radius 2 is 2.30 bits per heavy atom. The number of hydrogen-bond acceptors (Lipinski definition) is 1. The van der Waals surface area contributed by atoms with Crippen LogP contribution >= 0.6 is 31.9 Å². The molecule has 1 heterocycles. The molecule has 0 bridgehead atoms. The lowest BCUT2D eigenvalue weighted by molar-refractivity contribution is 1.17. The molecule has 1 aromatic rings. The van der Waals surface area contributed by atoms with Gasteiger partial charge in [0.25, 0.3) is 5.56 Å². The Labute approximate surface area is 74.9 Å². The number of nitrogens with one attached hydrogen (secondary N) is 1. The Balaban J connectivity index is 3.17. The monoisotopic (exact) mass is 265 g/mol. The molecule has 0 spiro atoms. The number of pyridine rings is 1. The maximum Gasteiger partial charge on any atom is 0.262 e. The van der Waals surface area contributed by atoms with Gasteiger partial charge >= 0.3 is 0 Å². The highest BCUT2D eigenvalue weighted by Crippen LogP contribution is 2.07. The van der Waals surface area contributed by atoms with Gasteiger partial charge in [-0.05, 0) is 27.6 Å². The van der Waals surface area contributed by atoms with Gasteiger partial charge in [0.2, 0.25) is 0 Å². The van der Waals surface area contributed by atoms with E-state index in [0.29, 0.717) is 4.47 Å². The highest BCUT2D eigenvalue weighted by Gasteiger charge is 1.94. The zero-order valence-corrected chi connectivity index (χ0v) is 8.20. The number of alkyl halides is 1. The van der Waals surface area contributed by atoms with Crippen molar-refractivity contribution in [3.8, 4) is 0 Å². The van der Waals surface area contributed by atoms with Crippen LogP contribution < -0.4 is 5.56 Å². The summed E-state index contributed by atoms with van der Waals surface area (Å²) in [5.41, 5.74) is 0.955. The van der Waals surface area contributed by atoms with Crippen molar-refractivity contribution in [3.05, 3.63) is 32.7 Å². The smallest absolute Gasteiger partial charge is 0.262 e.